The SMILES string of the molecule is Cn1c(-c2oncc2N)cc2cc(Cl)ccc21. The molecule has 0 fully saturated rings. The van der Waals surface area contributed by atoms with Crippen LogP contribution in [-0.4, -0.2) is 9.72 Å². The first-order valence-electron chi connectivity index (χ1n) is 5.12. The lowest BCUT2D eigenvalue weighted by molar-refractivity contribution is 0.430. The van der Waals surface area contributed by atoms with Crippen LogP contribution in [0.25, 0.3) is 22.4 Å². The van der Waals surface area contributed by atoms with Gasteiger partial charge in [0.1, 0.15) is 5.69 Å². The maximum Gasteiger partial charge on any atom is 0.206 e. The van der Waals surface area contributed by atoms with Crippen LogP contribution < -0.4 is 5.73 Å². The molecule has 0 aliphatic rings. The number of hydrogen-bond acceptors (Lipinski definition) is 3. The number of anilines is 1. The van der Waals surface area contributed by atoms with Crippen LogP contribution in [0.2, 0.25) is 5.02 Å². The summed E-state index contributed by atoms with van der Waals surface area (Å²) in [6.07, 6.45) is 1.50. The lowest BCUT2D eigenvalue weighted by atomic mass is 10.2. The van der Waals surface area contributed by atoms with Gasteiger partial charge in [-0.1, -0.05) is 16.8 Å². The fourth-order valence-corrected chi connectivity index (χ4v) is 2.16. The zero-order valence-electron chi connectivity index (χ0n) is 9.14. The summed E-state index contributed by atoms with van der Waals surface area (Å²) in [5, 5.41) is 5.44. The first kappa shape index (κ1) is 10.2. The molecule has 0 unspecified atom stereocenters. The Morgan fingerprint density at radius 1 is 1.35 bits per heavy atom. The van der Waals surface area contributed by atoms with Gasteiger partial charge in [-0.25, -0.2) is 0 Å². The van der Waals surface area contributed by atoms with Gasteiger partial charge in [0.2, 0.25) is 5.76 Å². The Balaban J connectivity index is 2.31. The van der Waals surface area contributed by atoms with Crippen LogP contribution >= 0.6 is 11.6 Å². The zero-order valence-corrected chi connectivity index (χ0v) is 9.90. The molecule has 0 radical (unpaired) electrons. The molecule has 0 saturated heterocycles. The molecule has 2 heterocycles. The molecule has 0 bridgehead atoms. The second-order valence-corrected chi connectivity index (χ2v) is 4.34. The van der Waals surface area contributed by atoms with Crippen LogP contribution in [0, 0.1) is 0 Å². The highest BCUT2D eigenvalue weighted by Gasteiger charge is 2.14. The van der Waals surface area contributed by atoms with E-state index in [4.69, 9.17) is 21.9 Å². The van der Waals surface area contributed by atoms with E-state index in [2.05, 4.69) is 5.16 Å². The van der Waals surface area contributed by atoms with Gasteiger partial charge in [-0.3, -0.25) is 0 Å². The monoisotopic (exact) mass is 247 g/mol. The van der Waals surface area contributed by atoms with Gasteiger partial charge < -0.3 is 14.8 Å². The Morgan fingerprint density at radius 2 is 2.18 bits per heavy atom. The highest BCUT2D eigenvalue weighted by Crippen LogP contribution is 2.31. The van der Waals surface area contributed by atoms with Crippen molar-refractivity contribution < 1.29 is 4.52 Å². The highest BCUT2D eigenvalue weighted by molar-refractivity contribution is 6.31. The first-order chi connectivity index (χ1) is 8.16. The Bertz CT molecular complexity index is 699. The minimum atomic E-state index is 0.530. The summed E-state index contributed by atoms with van der Waals surface area (Å²) in [7, 11) is 1.95. The summed E-state index contributed by atoms with van der Waals surface area (Å²) >= 11 is 5.97. The van der Waals surface area contributed by atoms with Gasteiger partial charge in [0.05, 0.1) is 11.9 Å². The van der Waals surface area contributed by atoms with E-state index in [-0.39, 0.29) is 0 Å². The van der Waals surface area contributed by atoms with Gasteiger partial charge in [0.15, 0.2) is 0 Å². The van der Waals surface area contributed by atoms with E-state index in [9.17, 15) is 0 Å². The van der Waals surface area contributed by atoms with Crippen molar-refractivity contribution in [2.45, 2.75) is 0 Å². The van der Waals surface area contributed by atoms with Gasteiger partial charge in [0.25, 0.3) is 0 Å². The molecule has 2 aromatic heterocycles. The van der Waals surface area contributed by atoms with Crippen molar-refractivity contribution in [3.05, 3.63) is 35.5 Å². The van der Waals surface area contributed by atoms with E-state index in [1.165, 1.54) is 6.20 Å². The number of rotatable bonds is 1. The van der Waals surface area contributed by atoms with Crippen molar-refractivity contribution in [2.24, 2.45) is 7.05 Å². The Kier molecular flexibility index (Phi) is 2.12. The van der Waals surface area contributed by atoms with Crippen LogP contribution in [0.3, 0.4) is 0 Å². The average molecular weight is 248 g/mol. The quantitative estimate of drug-likeness (QED) is 0.719. The standard InChI is InChI=1S/C12H10ClN3O/c1-16-10-3-2-8(13)4-7(10)5-11(16)12-9(14)6-15-17-12/h2-6H,14H2,1H3. The molecule has 4 nitrogen and oxygen atoms in total. The third kappa shape index (κ3) is 1.49. The summed E-state index contributed by atoms with van der Waals surface area (Å²) in [6.45, 7) is 0. The number of fused-ring (bicyclic) bond motifs is 1. The number of aryl methyl sites for hydroxylation is 1. The summed E-state index contributed by atoms with van der Waals surface area (Å²) < 4.78 is 7.16. The smallest absolute Gasteiger partial charge is 0.206 e. The molecule has 2 N–H and O–H groups in total. The second-order valence-electron chi connectivity index (χ2n) is 3.90. The summed E-state index contributed by atoms with van der Waals surface area (Å²) in [5.74, 6) is 0.583. The summed E-state index contributed by atoms with van der Waals surface area (Å²) in [6, 6.07) is 7.72. The summed E-state index contributed by atoms with van der Waals surface area (Å²) in [5.41, 5.74) is 8.28. The summed E-state index contributed by atoms with van der Waals surface area (Å²) in [4.78, 5) is 0. The molecule has 1 aromatic carbocycles. The van der Waals surface area contributed by atoms with Gasteiger partial charge in [-0.05, 0) is 24.3 Å². The van der Waals surface area contributed by atoms with Crippen LogP contribution in [-0.2, 0) is 7.05 Å². The van der Waals surface area contributed by atoms with E-state index >= 15 is 0 Å². The third-order valence-electron chi connectivity index (χ3n) is 2.84. The predicted octanol–water partition coefficient (Wildman–Crippen LogP) is 3.07. The first-order valence-corrected chi connectivity index (χ1v) is 5.50. The average Bonchev–Trinajstić information content (AvgIpc) is 2.83. The van der Waals surface area contributed by atoms with Gasteiger partial charge >= 0.3 is 0 Å². The van der Waals surface area contributed by atoms with Gasteiger partial charge in [-0.15, -0.1) is 0 Å². The second kappa shape index (κ2) is 3.53. The van der Waals surface area contributed by atoms with E-state index in [0.29, 0.717) is 16.5 Å². The molecule has 0 aliphatic heterocycles. The molecule has 0 amide bonds. The number of halogens is 1. The third-order valence-corrected chi connectivity index (χ3v) is 3.07. The highest BCUT2D eigenvalue weighted by atomic mass is 35.5. The molecule has 0 saturated carbocycles. The number of benzene rings is 1. The number of nitrogen functional groups attached to an aromatic ring is 1. The maximum atomic E-state index is 5.97. The number of aromatic nitrogens is 2. The Hall–Kier alpha value is -1.94. The molecule has 3 rings (SSSR count). The molecule has 0 aliphatic carbocycles. The predicted molar refractivity (Wildman–Crippen MR) is 67.8 cm³/mol. The maximum absolute atomic E-state index is 5.97. The number of nitrogens with zero attached hydrogens (tertiary/aromatic N) is 2. The lowest BCUT2D eigenvalue weighted by Gasteiger charge is -2.01. The van der Waals surface area contributed by atoms with Crippen LogP contribution in [0.5, 0.6) is 0 Å². The van der Waals surface area contributed by atoms with Gasteiger partial charge in [-0.2, -0.15) is 0 Å². The topological polar surface area (TPSA) is 57.0 Å². The fourth-order valence-electron chi connectivity index (χ4n) is 1.98. The van der Waals surface area contributed by atoms with Crippen LogP contribution in [0.4, 0.5) is 5.69 Å². The molecule has 0 atom stereocenters. The molecule has 17 heavy (non-hydrogen) atoms. The largest absolute Gasteiger partial charge is 0.394 e. The van der Waals surface area contributed by atoms with E-state index in [0.717, 1.165) is 16.6 Å². The molecule has 3 aromatic rings. The zero-order chi connectivity index (χ0) is 12.0. The molecular weight excluding hydrogens is 238 g/mol. The number of hydrogen-bond donors (Lipinski definition) is 1. The fraction of sp³-hybridized carbons (Fsp3) is 0.0833. The molecule has 0 spiro atoms. The normalized spacial score (nSPS) is 11.2. The Labute approximate surface area is 103 Å². The van der Waals surface area contributed by atoms with E-state index in [1.807, 2.05) is 35.9 Å². The van der Waals surface area contributed by atoms with Crippen molar-refractivity contribution in [1.29, 1.82) is 0 Å². The van der Waals surface area contributed by atoms with E-state index < -0.39 is 0 Å². The van der Waals surface area contributed by atoms with Crippen molar-refractivity contribution in [3.63, 3.8) is 0 Å². The molecule has 86 valence electrons. The lowest BCUT2D eigenvalue weighted by Crippen LogP contribution is -1.92. The van der Waals surface area contributed by atoms with Crippen molar-refractivity contribution in [2.75, 3.05) is 5.73 Å². The van der Waals surface area contributed by atoms with Crippen molar-refractivity contribution >= 4 is 28.2 Å². The van der Waals surface area contributed by atoms with Crippen molar-refractivity contribution in [1.82, 2.24) is 9.72 Å². The van der Waals surface area contributed by atoms with Gasteiger partial charge in [0, 0.05) is 23.0 Å². The molecule has 5 heteroatoms. The Morgan fingerprint density at radius 3 is 2.88 bits per heavy atom. The minimum absolute atomic E-state index is 0.530. The van der Waals surface area contributed by atoms with Crippen LogP contribution in [0.15, 0.2) is 35.0 Å². The van der Waals surface area contributed by atoms with Crippen LogP contribution in [0.1, 0.15) is 0 Å². The van der Waals surface area contributed by atoms with E-state index in [1.54, 1.807) is 0 Å². The molecular formula is C12H10ClN3O. The minimum Gasteiger partial charge on any atom is -0.394 e. The van der Waals surface area contributed by atoms with Crippen molar-refractivity contribution in [3.8, 4) is 11.5 Å². The number of nitrogens with two attached hydrogens (primary N) is 1.